The van der Waals surface area contributed by atoms with Crippen molar-refractivity contribution >= 4 is 43.8 Å². The second-order valence-corrected chi connectivity index (χ2v) is 10.5. The minimum Gasteiger partial charge on any atom is -0.478 e. The number of carbonyl (C=O) groups is 1. The first-order valence-electron chi connectivity index (χ1n) is 10.4. The molecule has 0 aliphatic carbocycles. The molecule has 17 heteroatoms. The highest BCUT2D eigenvalue weighted by Crippen LogP contribution is 2.29. The van der Waals surface area contributed by atoms with Gasteiger partial charge in [-0.1, -0.05) is 0 Å². The van der Waals surface area contributed by atoms with E-state index in [0.29, 0.717) is 13.1 Å². The molecule has 3 aromatic rings. The lowest BCUT2D eigenvalue weighted by atomic mass is 10.3. The molecule has 4 N–H and O–H groups in total. The smallest absolute Gasteiger partial charge is 0.444 e. The lowest BCUT2D eigenvalue weighted by Crippen LogP contribution is -2.34. The van der Waals surface area contributed by atoms with E-state index in [9.17, 15) is 26.7 Å². The Bertz CT molecular complexity index is 1510. The monoisotopic (exact) mass is 554 g/mol. The highest BCUT2D eigenvalue weighted by molar-refractivity contribution is 7.87. The molecule has 198 valence electrons. The summed E-state index contributed by atoms with van der Waals surface area (Å²) in [5.74, 6) is -1.28. The number of aromatic nitrogens is 4. The number of carboxylic acid groups (broad SMARTS) is 1. The minimum atomic E-state index is -4.29. The summed E-state index contributed by atoms with van der Waals surface area (Å²) in [5, 5.41) is 17.9. The van der Waals surface area contributed by atoms with Gasteiger partial charge in [0.25, 0.3) is 20.2 Å². The fourth-order valence-electron chi connectivity index (χ4n) is 2.93. The van der Waals surface area contributed by atoms with Gasteiger partial charge in [0, 0.05) is 13.1 Å². The molecule has 37 heavy (non-hydrogen) atoms. The molecule has 3 rings (SSSR count). The SMILES string of the molecule is CNCCNc1nc(Nc2cc(S(=O)(=O)OC)ccc2S(=O)(=O)OC)nc(-[n+]2cccc(C(=O)O)c2)n1. The van der Waals surface area contributed by atoms with Crippen LogP contribution in [0.4, 0.5) is 17.6 Å². The molecular formula is C20H24N7O8S2+. The van der Waals surface area contributed by atoms with Crippen molar-refractivity contribution in [2.45, 2.75) is 9.79 Å². The fourth-order valence-corrected chi connectivity index (χ4v) is 4.41. The first-order chi connectivity index (χ1) is 17.5. The van der Waals surface area contributed by atoms with Crippen molar-refractivity contribution < 1.29 is 39.7 Å². The number of carboxylic acids is 1. The van der Waals surface area contributed by atoms with Crippen LogP contribution in [0.25, 0.3) is 5.95 Å². The van der Waals surface area contributed by atoms with E-state index in [-0.39, 0.29) is 34.0 Å². The topological polar surface area (TPSA) is 203 Å². The van der Waals surface area contributed by atoms with E-state index in [1.54, 1.807) is 7.05 Å². The van der Waals surface area contributed by atoms with Gasteiger partial charge < -0.3 is 21.1 Å². The number of aromatic carboxylic acids is 1. The Labute approximate surface area is 212 Å². The summed E-state index contributed by atoms with van der Waals surface area (Å²) in [7, 11) is -4.80. The zero-order valence-corrected chi connectivity index (χ0v) is 21.5. The largest absolute Gasteiger partial charge is 0.478 e. The molecule has 1 aromatic carbocycles. The number of nitrogens with zero attached hydrogens (tertiary/aromatic N) is 4. The van der Waals surface area contributed by atoms with Crippen LogP contribution < -0.4 is 20.5 Å². The Morgan fingerprint density at radius 3 is 2.35 bits per heavy atom. The van der Waals surface area contributed by atoms with E-state index in [1.807, 2.05) is 0 Å². The van der Waals surface area contributed by atoms with Gasteiger partial charge in [0.2, 0.25) is 0 Å². The van der Waals surface area contributed by atoms with Crippen molar-refractivity contribution in [3.8, 4) is 5.95 Å². The predicted octanol–water partition coefficient (Wildman–Crippen LogP) is -0.108. The van der Waals surface area contributed by atoms with Gasteiger partial charge in [0.1, 0.15) is 4.90 Å². The van der Waals surface area contributed by atoms with Crippen LogP contribution in [0.15, 0.2) is 52.5 Å². The van der Waals surface area contributed by atoms with Crippen LogP contribution in [0.5, 0.6) is 0 Å². The Morgan fingerprint density at radius 1 is 1.00 bits per heavy atom. The third-order valence-electron chi connectivity index (χ3n) is 4.75. The lowest BCUT2D eigenvalue weighted by Gasteiger charge is -2.12. The molecule has 0 bridgehead atoms. The maximum atomic E-state index is 12.5. The first-order valence-corrected chi connectivity index (χ1v) is 13.2. The molecule has 0 saturated heterocycles. The number of rotatable bonds is 12. The van der Waals surface area contributed by atoms with Gasteiger partial charge in [-0.3, -0.25) is 8.37 Å². The Kier molecular flexibility index (Phi) is 8.66. The maximum absolute atomic E-state index is 12.5. The molecule has 0 amide bonds. The molecular weight excluding hydrogens is 530 g/mol. The second-order valence-electron chi connectivity index (χ2n) is 7.14. The summed E-state index contributed by atoms with van der Waals surface area (Å²) >= 11 is 0. The minimum absolute atomic E-state index is 0.00984. The normalized spacial score (nSPS) is 11.8. The first kappa shape index (κ1) is 27.8. The van der Waals surface area contributed by atoms with Crippen LogP contribution in [-0.4, -0.2) is 77.2 Å². The summed E-state index contributed by atoms with van der Waals surface area (Å²) in [6.45, 7) is 0.961. The van der Waals surface area contributed by atoms with Gasteiger partial charge in [-0.25, -0.2) is 9.36 Å². The molecule has 0 fully saturated rings. The van der Waals surface area contributed by atoms with Crippen LogP contribution in [0.3, 0.4) is 0 Å². The van der Waals surface area contributed by atoms with Crippen LogP contribution in [0.2, 0.25) is 0 Å². The molecule has 2 heterocycles. The fraction of sp³-hybridized carbons (Fsp3) is 0.250. The van der Waals surface area contributed by atoms with Crippen molar-refractivity contribution in [2.75, 3.05) is 45.0 Å². The summed E-state index contributed by atoms with van der Waals surface area (Å²) in [5.41, 5.74) is -0.254. The van der Waals surface area contributed by atoms with E-state index in [1.165, 1.54) is 29.1 Å². The van der Waals surface area contributed by atoms with Crippen molar-refractivity contribution in [1.29, 1.82) is 0 Å². The zero-order chi connectivity index (χ0) is 27.2. The highest BCUT2D eigenvalue weighted by atomic mass is 32.2. The zero-order valence-electron chi connectivity index (χ0n) is 19.9. The van der Waals surface area contributed by atoms with Gasteiger partial charge in [-0.2, -0.15) is 16.8 Å². The highest BCUT2D eigenvalue weighted by Gasteiger charge is 2.25. The van der Waals surface area contributed by atoms with E-state index in [4.69, 9.17) is 0 Å². The third kappa shape index (κ3) is 6.71. The number of hydrogen-bond acceptors (Lipinski definition) is 13. The summed E-state index contributed by atoms with van der Waals surface area (Å²) in [4.78, 5) is 23.4. The number of pyridine rings is 1. The van der Waals surface area contributed by atoms with Gasteiger partial charge in [-0.15, -0.1) is 4.98 Å². The average Bonchev–Trinajstić information content (AvgIpc) is 2.88. The van der Waals surface area contributed by atoms with Crippen molar-refractivity contribution in [2.24, 2.45) is 0 Å². The van der Waals surface area contributed by atoms with Crippen LogP contribution in [0, 0.1) is 0 Å². The van der Waals surface area contributed by atoms with Crippen LogP contribution in [0.1, 0.15) is 10.4 Å². The second kappa shape index (κ2) is 11.5. The van der Waals surface area contributed by atoms with Crippen LogP contribution in [-0.2, 0) is 28.6 Å². The Hall–Kier alpha value is -3.77. The van der Waals surface area contributed by atoms with E-state index in [2.05, 4.69) is 39.3 Å². The standard InChI is InChI=1S/C20H23N7O8S2/c1-21-8-9-22-18-24-19(26-20(25-18)27-10-4-5-13(12-27)17(28)29)23-15-11-14(36(30,31)34-2)6-7-16(15)37(32,33)35-3/h4-7,10-12,21H,8-9H2,1-3H3,(H2-,22,23,24,25,26,28,29)/p+1. The molecule has 0 aliphatic heterocycles. The Balaban J connectivity index is 2.16. The van der Waals surface area contributed by atoms with Gasteiger partial charge in [0.15, 0.2) is 0 Å². The molecule has 2 aromatic heterocycles. The van der Waals surface area contributed by atoms with Gasteiger partial charge in [0.05, 0.1) is 42.8 Å². The van der Waals surface area contributed by atoms with Gasteiger partial charge in [-0.05, 0) is 47.3 Å². The Morgan fingerprint density at radius 2 is 1.70 bits per heavy atom. The van der Waals surface area contributed by atoms with Gasteiger partial charge >= 0.3 is 23.8 Å². The molecule has 0 aliphatic rings. The van der Waals surface area contributed by atoms with E-state index >= 15 is 0 Å². The predicted molar refractivity (Wildman–Crippen MR) is 129 cm³/mol. The van der Waals surface area contributed by atoms with Crippen molar-refractivity contribution in [3.63, 3.8) is 0 Å². The summed E-state index contributed by atoms with van der Waals surface area (Å²) < 4.78 is 59.9. The quantitative estimate of drug-likeness (QED) is 0.131. The molecule has 0 unspecified atom stereocenters. The van der Waals surface area contributed by atoms with E-state index < -0.39 is 31.1 Å². The summed E-state index contributed by atoms with van der Waals surface area (Å²) in [6.07, 6.45) is 2.79. The van der Waals surface area contributed by atoms with Crippen LogP contribution >= 0.6 is 0 Å². The average molecular weight is 555 g/mol. The number of anilines is 3. The number of benzene rings is 1. The maximum Gasteiger partial charge on any atom is 0.444 e. The molecule has 0 saturated carbocycles. The molecule has 0 spiro atoms. The van der Waals surface area contributed by atoms with E-state index in [0.717, 1.165) is 32.4 Å². The molecule has 0 radical (unpaired) electrons. The van der Waals surface area contributed by atoms with Crippen molar-refractivity contribution in [3.05, 3.63) is 48.3 Å². The molecule has 15 nitrogen and oxygen atoms in total. The lowest BCUT2D eigenvalue weighted by molar-refractivity contribution is -0.603. The number of nitrogens with one attached hydrogen (secondary N) is 3. The third-order valence-corrected chi connectivity index (χ3v) is 7.36. The van der Waals surface area contributed by atoms with Crippen molar-refractivity contribution in [1.82, 2.24) is 20.3 Å². The molecule has 0 atom stereocenters. The number of hydrogen-bond donors (Lipinski definition) is 4. The summed E-state index contributed by atoms with van der Waals surface area (Å²) in [6, 6.07) is 5.98. The number of likely N-dealkylation sites (N-methyl/N-ethyl adjacent to an activating group) is 1.